The number of fused-ring (bicyclic) bond motifs is 1. The van der Waals surface area contributed by atoms with E-state index in [9.17, 15) is 4.79 Å². The molecule has 1 amide bonds. The van der Waals surface area contributed by atoms with Crippen LogP contribution in [0, 0.1) is 13.8 Å². The molecule has 2 aromatic carbocycles. The zero-order chi connectivity index (χ0) is 20.2. The maximum absolute atomic E-state index is 12.3. The molecular formula is C20H20N4O3S2. The summed E-state index contributed by atoms with van der Waals surface area (Å²) in [5, 5.41) is 15.1. The van der Waals surface area contributed by atoms with Gasteiger partial charge in [0.2, 0.25) is 11.0 Å². The van der Waals surface area contributed by atoms with Crippen LogP contribution in [0.1, 0.15) is 11.1 Å². The molecule has 1 aromatic heterocycles. The van der Waals surface area contributed by atoms with Crippen LogP contribution in [-0.4, -0.2) is 35.1 Å². The van der Waals surface area contributed by atoms with Crippen molar-refractivity contribution in [1.82, 2.24) is 10.2 Å². The number of nitrogens with zero attached hydrogens (tertiary/aromatic N) is 2. The normalized spacial score (nSPS) is 12.5. The van der Waals surface area contributed by atoms with Crippen LogP contribution < -0.4 is 20.1 Å². The first-order valence-electron chi connectivity index (χ1n) is 9.07. The molecule has 0 unspecified atom stereocenters. The first-order valence-corrected chi connectivity index (χ1v) is 10.9. The van der Waals surface area contributed by atoms with Gasteiger partial charge in [0.15, 0.2) is 15.8 Å². The van der Waals surface area contributed by atoms with E-state index in [1.54, 1.807) is 18.2 Å². The van der Waals surface area contributed by atoms with Crippen molar-refractivity contribution >= 4 is 45.5 Å². The Kier molecular flexibility index (Phi) is 5.86. The van der Waals surface area contributed by atoms with E-state index in [2.05, 4.69) is 46.8 Å². The second-order valence-corrected chi connectivity index (χ2v) is 8.69. The minimum atomic E-state index is -0.120. The highest BCUT2D eigenvalue weighted by Gasteiger charge is 2.13. The second kappa shape index (κ2) is 8.71. The quantitative estimate of drug-likeness (QED) is 0.563. The Labute approximate surface area is 176 Å². The summed E-state index contributed by atoms with van der Waals surface area (Å²) in [5.74, 6) is 1.46. The first kappa shape index (κ1) is 19.5. The summed E-state index contributed by atoms with van der Waals surface area (Å²) >= 11 is 2.77. The van der Waals surface area contributed by atoms with Gasteiger partial charge in [-0.1, -0.05) is 29.2 Å². The number of nitrogens with one attached hydrogen (secondary N) is 2. The molecule has 2 heterocycles. The van der Waals surface area contributed by atoms with E-state index in [0.717, 1.165) is 10.0 Å². The van der Waals surface area contributed by atoms with E-state index >= 15 is 0 Å². The maximum atomic E-state index is 12.3. The van der Waals surface area contributed by atoms with E-state index in [1.165, 1.54) is 34.2 Å². The Morgan fingerprint density at radius 1 is 1.03 bits per heavy atom. The molecule has 0 saturated heterocycles. The summed E-state index contributed by atoms with van der Waals surface area (Å²) in [5.41, 5.74) is 4.10. The molecule has 7 nitrogen and oxygen atoms in total. The van der Waals surface area contributed by atoms with E-state index in [4.69, 9.17) is 9.47 Å². The average Bonchev–Trinajstić information content (AvgIpc) is 3.16. The molecule has 2 N–H and O–H groups in total. The number of thioether (sulfide) groups is 1. The van der Waals surface area contributed by atoms with Gasteiger partial charge in [0, 0.05) is 17.4 Å². The molecule has 1 aliphatic heterocycles. The summed E-state index contributed by atoms with van der Waals surface area (Å²) < 4.78 is 11.7. The summed E-state index contributed by atoms with van der Waals surface area (Å²) in [6.07, 6.45) is 0. The maximum Gasteiger partial charge on any atom is 0.234 e. The fourth-order valence-electron chi connectivity index (χ4n) is 2.71. The number of benzene rings is 2. The van der Waals surface area contributed by atoms with Crippen LogP contribution in [-0.2, 0) is 4.79 Å². The molecule has 0 bridgehead atoms. The van der Waals surface area contributed by atoms with Gasteiger partial charge in [-0.2, -0.15) is 0 Å². The predicted molar refractivity (Wildman–Crippen MR) is 116 cm³/mol. The van der Waals surface area contributed by atoms with Crippen LogP contribution in [0.2, 0.25) is 0 Å². The lowest BCUT2D eigenvalue weighted by atomic mass is 10.1. The van der Waals surface area contributed by atoms with Gasteiger partial charge in [0.25, 0.3) is 0 Å². The van der Waals surface area contributed by atoms with Crippen molar-refractivity contribution in [2.75, 3.05) is 29.6 Å². The highest BCUT2D eigenvalue weighted by molar-refractivity contribution is 8.01. The summed E-state index contributed by atoms with van der Waals surface area (Å²) in [7, 11) is 0. The largest absolute Gasteiger partial charge is 0.486 e. The van der Waals surface area contributed by atoms with Crippen molar-refractivity contribution < 1.29 is 14.3 Å². The fourth-order valence-corrected chi connectivity index (χ4v) is 4.28. The lowest BCUT2D eigenvalue weighted by Crippen LogP contribution is -2.17. The van der Waals surface area contributed by atoms with Gasteiger partial charge in [-0.25, -0.2) is 0 Å². The number of rotatable bonds is 6. The van der Waals surface area contributed by atoms with Crippen LogP contribution in [0.3, 0.4) is 0 Å². The van der Waals surface area contributed by atoms with Gasteiger partial charge in [-0.15, -0.1) is 10.2 Å². The topological polar surface area (TPSA) is 85.4 Å². The van der Waals surface area contributed by atoms with Gasteiger partial charge < -0.3 is 20.1 Å². The summed E-state index contributed by atoms with van der Waals surface area (Å²) in [6.45, 7) is 5.20. The molecule has 0 aliphatic carbocycles. The highest BCUT2D eigenvalue weighted by Crippen LogP contribution is 2.33. The molecule has 0 atom stereocenters. The Morgan fingerprint density at radius 2 is 1.83 bits per heavy atom. The number of carbonyl (C=O) groups excluding carboxylic acids is 1. The van der Waals surface area contributed by atoms with Crippen LogP contribution in [0.5, 0.6) is 11.5 Å². The van der Waals surface area contributed by atoms with Gasteiger partial charge in [-0.05, 0) is 49.2 Å². The van der Waals surface area contributed by atoms with Crippen LogP contribution >= 0.6 is 23.1 Å². The van der Waals surface area contributed by atoms with Crippen LogP contribution in [0.15, 0.2) is 40.7 Å². The molecule has 4 rings (SSSR count). The molecular weight excluding hydrogens is 408 g/mol. The lowest BCUT2D eigenvalue weighted by Gasteiger charge is -2.18. The van der Waals surface area contributed by atoms with Crippen molar-refractivity contribution in [3.63, 3.8) is 0 Å². The van der Waals surface area contributed by atoms with Crippen molar-refractivity contribution in [3.8, 4) is 11.5 Å². The monoisotopic (exact) mass is 428 g/mol. The average molecular weight is 429 g/mol. The lowest BCUT2D eigenvalue weighted by molar-refractivity contribution is -0.113. The number of amides is 1. The van der Waals surface area contributed by atoms with E-state index in [-0.39, 0.29) is 11.7 Å². The summed E-state index contributed by atoms with van der Waals surface area (Å²) in [6, 6.07) is 11.5. The SMILES string of the molecule is Cc1ccc(Nc2nnc(SCC(=O)Nc3ccc4c(c3)OCCO4)s2)cc1C. The zero-order valence-electron chi connectivity index (χ0n) is 16.0. The minimum Gasteiger partial charge on any atom is -0.486 e. The first-order chi connectivity index (χ1) is 14.1. The zero-order valence-corrected chi connectivity index (χ0v) is 17.7. The van der Waals surface area contributed by atoms with E-state index < -0.39 is 0 Å². The second-order valence-electron chi connectivity index (χ2n) is 6.49. The van der Waals surface area contributed by atoms with Gasteiger partial charge >= 0.3 is 0 Å². The number of hydrogen-bond acceptors (Lipinski definition) is 8. The van der Waals surface area contributed by atoms with Gasteiger partial charge in [-0.3, -0.25) is 4.79 Å². The van der Waals surface area contributed by atoms with Crippen molar-refractivity contribution in [2.24, 2.45) is 0 Å². The molecule has 0 spiro atoms. The van der Waals surface area contributed by atoms with Crippen molar-refractivity contribution in [2.45, 2.75) is 18.2 Å². The molecule has 1 aliphatic rings. The third-order valence-corrected chi connectivity index (χ3v) is 6.29. The fraction of sp³-hybridized carbons (Fsp3) is 0.250. The van der Waals surface area contributed by atoms with Crippen molar-refractivity contribution in [1.29, 1.82) is 0 Å². The number of carbonyl (C=O) groups is 1. The minimum absolute atomic E-state index is 0.120. The molecule has 3 aromatic rings. The molecule has 0 fully saturated rings. The Morgan fingerprint density at radius 3 is 2.66 bits per heavy atom. The smallest absolute Gasteiger partial charge is 0.234 e. The molecule has 0 saturated carbocycles. The van der Waals surface area contributed by atoms with Crippen molar-refractivity contribution in [3.05, 3.63) is 47.5 Å². The number of ether oxygens (including phenoxy) is 2. The number of anilines is 3. The molecule has 0 radical (unpaired) electrons. The molecule has 9 heteroatoms. The molecule has 150 valence electrons. The number of aryl methyl sites for hydroxylation is 2. The Hall–Kier alpha value is -2.78. The number of hydrogen-bond donors (Lipinski definition) is 2. The Balaban J connectivity index is 1.30. The van der Waals surface area contributed by atoms with E-state index in [0.29, 0.717) is 35.5 Å². The van der Waals surface area contributed by atoms with Crippen LogP contribution in [0.25, 0.3) is 0 Å². The summed E-state index contributed by atoms with van der Waals surface area (Å²) in [4.78, 5) is 12.3. The Bertz CT molecular complexity index is 1040. The predicted octanol–water partition coefficient (Wildman–Crippen LogP) is 4.40. The third kappa shape index (κ3) is 4.99. The standard InChI is InChI=1S/C20H20N4O3S2/c1-12-3-4-14(9-13(12)2)22-19-23-24-20(29-19)28-11-18(25)21-15-5-6-16-17(10-15)27-8-7-26-16/h3-6,9-10H,7-8,11H2,1-2H3,(H,21,25)(H,22,23). The number of aromatic nitrogens is 2. The van der Waals surface area contributed by atoms with Gasteiger partial charge in [0.1, 0.15) is 13.2 Å². The van der Waals surface area contributed by atoms with Crippen LogP contribution in [0.4, 0.5) is 16.5 Å². The third-order valence-electron chi connectivity index (χ3n) is 4.32. The highest BCUT2D eigenvalue weighted by atomic mass is 32.2. The van der Waals surface area contributed by atoms with E-state index in [1.807, 2.05) is 6.07 Å². The van der Waals surface area contributed by atoms with Gasteiger partial charge in [0.05, 0.1) is 5.75 Å². The molecule has 29 heavy (non-hydrogen) atoms.